The molecule has 1 rings (SSSR count). The summed E-state index contributed by atoms with van der Waals surface area (Å²) in [6.07, 6.45) is -1.01. The molecule has 0 spiro atoms. The summed E-state index contributed by atoms with van der Waals surface area (Å²) < 4.78 is 16.9. The minimum atomic E-state index is -1.81. The number of aliphatic hydroxyl groups is 1. The Hall–Kier alpha value is -0.433. The van der Waals surface area contributed by atoms with Crippen molar-refractivity contribution in [2.45, 2.75) is 77.5 Å². The SMILES string of the molecule is CCOC(=O)[C@@H](O)[C@@H]1O[C@@H](CO[Si](C)(C)C(C)(C)C)C[C@H]1C. The summed E-state index contributed by atoms with van der Waals surface area (Å²) in [7, 11) is -1.81. The van der Waals surface area contributed by atoms with E-state index in [1.54, 1.807) is 6.92 Å². The molecular formula is C16H32O5Si. The van der Waals surface area contributed by atoms with Gasteiger partial charge in [0.1, 0.15) is 0 Å². The van der Waals surface area contributed by atoms with E-state index < -0.39 is 26.5 Å². The molecule has 0 amide bonds. The Labute approximate surface area is 135 Å². The van der Waals surface area contributed by atoms with Crippen LogP contribution in [0.15, 0.2) is 0 Å². The summed E-state index contributed by atoms with van der Waals surface area (Å²) in [6, 6.07) is 0. The summed E-state index contributed by atoms with van der Waals surface area (Å²) >= 11 is 0. The van der Waals surface area contributed by atoms with Gasteiger partial charge in [0.2, 0.25) is 0 Å². The molecule has 0 bridgehead atoms. The van der Waals surface area contributed by atoms with Crippen LogP contribution in [0.5, 0.6) is 0 Å². The van der Waals surface area contributed by atoms with Crippen LogP contribution in [0.1, 0.15) is 41.0 Å². The molecule has 0 aliphatic carbocycles. The van der Waals surface area contributed by atoms with Crippen molar-refractivity contribution in [2.75, 3.05) is 13.2 Å². The summed E-state index contributed by atoms with van der Waals surface area (Å²) in [4.78, 5) is 11.7. The Kier molecular flexibility index (Phi) is 6.62. The standard InChI is InChI=1S/C16H32O5Si/c1-8-19-15(18)13(17)14-11(2)9-12(21-14)10-20-22(6,7)16(3,4)5/h11-14,17H,8-10H2,1-7H3/t11-,12-,13+,14-/m1/s1. The Morgan fingerprint density at radius 2 is 2.00 bits per heavy atom. The first kappa shape index (κ1) is 19.6. The molecule has 1 fully saturated rings. The maximum Gasteiger partial charge on any atom is 0.337 e. The fourth-order valence-electron chi connectivity index (χ4n) is 2.33. The second kappa shape index (κ2) is 7.42. The molecule has 0 saturated carbocycles. The van der Waals surface area contributed by atoms with Crippen molar-refractivity contribution >= 4 is 14.3 Å². The zero-order valence-corrected chi connectivity index (χ0v) is 16.0. The Bertz CT molecular complexity index is 377. The monoisotopic (exact) mass is 332 g/mol. The number of esters is 1. The molecule has 1 N–H and O–H groups in total. The lowest BCUT2D eigenvalue weighted by atomic mass is 9.98. The summed E-state index contributed by atoms with van der Waals surface area (Å²) in [5, 5.41) is 10.2. The van der Waals surface area contributed by atoms with E-state index >= 15 is 0 Å². The Balaban J connectivity index is 2.55. The predicted octanol–water partition coefficient (Wildman–Crippen LogP) is 2.73. The van der Waals surface area contributed by atoms with Crippen LogP contribution in [0.25, 0.3) is 0 Å². The molecule has 0 aromatic heterocycles. The highest BCUT2D eigenvalue weighted by atomic mass is 28.4. The van der Waals surface area contributed by atoms with Gasteiger partial charge in [-0.15, -0.1) is 0 Å². The Morgan fingerprint density at radius 1 is 1.41 bits per heavy atom. The number of rotatable bonds is 6. The first-order valence-electron chi connectivity index (χ1n) is 8.13. The molecule has 1 aliphatic rings. The second-order valence-electron chi connectivity index (χ2n) is 7.70. The predicted molar refractivity (Wildman–Crippen MR) is 88.2 cm³/mol. The molecular weight excluding hydrogens is 300 g/mol. The topological polar surface area (TPSA) is 65.0 Å². The quantitative estimate of drug-likeness (QED) is 0.598. The van der Waals surface area contributed by atoms with Gasteiger partial charge in [-0.2, -0.15) is 0 Å². The first-order valence-corrected chi connectivity index (χ1v) is 11.0. The fraction of sp³-hybridized carbons (Fsp3) is 0.938. The van der Waals surface area contributed by atoms with E-state index in [-0.39, 0.29) is 23.7 Å². The van der Waals surface area contributed by atoms with Crippen LogP contribution >= 0.6 is 0 Å². The summed E-state index contributed by atoms with van der Waals surface area (Å²) in [5.74, 6) is -0.502. The molecule has 1 aliphatic heterocycles. The van der Waals surface area contributed by atoms with Crippen molar-refractivity contribution < 1.29 is 23.8 Å². The van der Waals surface area contributed by atoms with Crippen molar-refractivity contribution in [3.05, 3.63) is 0 Å². The molecule has 0 unspecified atom stereocenters. The van der Waals surface area contributed by atoms with Crippen LogP contribution < -0.4 is 0 Å². The number of hydrogen-bond acceptors (Lipinski definition) is 5. The fourth-order valence-corrected chi connectivity index (χ4v) is 3.37. The molecule has 5 nitrogen and oxygen atoms in total. The maximum absolute atomic E-state index is 11.7. The molecule has 1 saturated heterocycles. The minimum Gasteiger partial charge on any atom is -0.464 e. The van der Waals surface area contributed by atoms with E-state index in [0.29, 0.717) is 6.61 Å². The molecule has 0 aromatic carbocycles. The van der Waals surface area contributed by atoms with Crippen molar-refractivity contribution in [1.82, 2.24) is 0 Å². The highest BCUT2D eigenvalue weighted by Gasteiger charge is 2.43. The summed E-state index contributed by atoms with van der Waals surface area (Å²) in [6.45, 7) is 15.5. The molecule has 4 atom stereocenters. The normalized spacial score (nSPS) is 27.7. The molecule has 0 radical (unpaired) electrons. The van der Waals surface area contributed by atoms with Gasteiger partial charge >= 0.3 is 5.97 Å². The lowest BCUT2D eigenvalue weighted by Gasteiger charge is -2.36. The number of carbonyl (C=O) groups is 1. The lowest BCUT2D eigenvalue weighted by molar-refractivity contribution is -0.163. The van der Waals surface area contributed by atoms with Gasteiger partial charge < -0.3 is 19.0 Å². The molecule has 130 valence electrons. The molecule has 0 aromatic rings. The van der Waals surface area contributed by atoms with Gasteiger partial charge in [-0.05, 0) is 37.4 Å². The third-order valence-corrected chi connectivity index (χ3v) is 9.32. The second-order valence-corrected chi connectivity index (χ2v) is 12.5. The lowest BCUT2D eigenvalue weighted by Crippen LogP contribution is -2.43. The van der Waals surface area contributed by atoms with E-state index in [9.17, 15) is 9.90 Å². The third kappa shape index (κ3) is 4.78. The van der Waals surface area contributed by atoms with E-state index in [0.717, 1.165) is 6.42 Å². The highest BCUT2D eigenvalue weighted by Crippen LogP contribution is 2.37. The van der Waals surface area contributed by atoms with Crippen LogP contribution in [0.4, 0.5) is 0 Å². The average molecular weight is 333 g/mol. The zero-order valence-electron chi connectivity index (χ0n) is 15.0. The largest absolute Gasteiger partial charge is 0.464 e. The van der Waals surface area contributed by atoms with Crippen molar-refractivity contribution in [3.63, 3.8) is 0 Å². The van der Waals surface area contributed by atoms with Crippen LogP contribution in [0.2, 0.25) is 18.1 Å². The first-order chi connectivity index (χ1) is 9.99. The van der Waals surface area contributed by atoms with Crippen molar-refractivity contribution in [3.8, 4) is 0 Å². The zero-order chi connectivity index (χ0) is 17.1. The van der Waals surface area contributed by atoms with Gasteiger partial charge in [0.15, 0.2) is 14.4 Å². The number of hydrogen-bond donors (Lipinski definition) is 1. The molecule has 6 heteroatoms. The summed E-state index contributed by atoms with van der Waals surface area (Å²) in [5.41, 5.74) is 0. The van der Waals surface area contributed by atoms with Crippen LogP contribution in [-0.2, 0) is 18.7 Å². The van der Waals surface area contributed by atoms with Crippen LogP contribution in [0, 0.1) is 5.92 Å². The average Bonchev–Trinajstić information content (AvgIpc) is 2.76. The van der Waals surface area contributed by atoms with E-state index in [1.807, 2.05) is 6.92 Å². The Morgan fingerprint density at radius 3 is 2.50 bits per heavy atom. The van der Waals surface area contributed by atoms with Gasteiger partial charge in [0.25, 0.3) is 0 Å². The van der Waals surface area contributed by atoms with Crippen LogP contribution in [-0.4, -0.2) is 50.9 Å². The van der Waals surface area contributed by atoms with E-state index in [1.165, 1.54) is 0 Å². The van der Waals surface area contributed by atoms with Crippen molar-refractivity contribution in [2.24, 2.45) is 5.92 Å². The molecule has 22 heavy (non-hydrogen) atoms. The van der Waals surface area contributed by atoms with E-state index in [4.69, 9.17) is 13.9 Å². The van der Waals surface area contributed by atoms with Gasteiger partial charge in [0, 0.05) is 0 Å². The number of carbonyl (C=O) groups excluding carboxylic acids is 1. The van der Waals surface area contributed by atoms with Gasteiger partial charge in [0.05, 0.1) is 25.4 Å². The van der Waals surface area contributed by atoms with Gasteiger partial charge in [-0.1, -0.05) is 27.7 Å². The molecule has 1 heterocycles. The van der Waals surface area contributed by atoms with Crippen LogP contribution in [0.3, 0.4) is 0 Å². The number of ether oxygens (including phenoxy) is 2. The van der Waals surface area contributed by atoms with E-state index in [2.05, 4.69) is 33.9 Å². The number of aliphatic hydroxyl groups excluding tert-OH is 1. The van der Waals surface area contributed by atoms with Crippen molar-refractivity contribution in [1.29, 1.82) is 0 Å². The smallest absolute Gasteiger partial charge is 0.337 e. The highest BCUT2D eigenvalue weighted by molar-refractivity contribution is 6.74. The minimum absolute atomic E-state index is 0.0711. The van der Waals surface area contributed by atoms with Gasteiger partial charge in [-0.25, -0.2) is 4.79 Å². The van der Waals surface area contributed by atoms with Gasteiger partial charge in [-0.3, -0.25) is 0 Å². The third-order valence-electron chi connectivity index (χ3n) is 4.82. The maximum atomic E-state index is 11.7.